The van der Waals surface area contributed by atoms with Crippen LogP contribution in [0.15, 0.2) is 65.2 Å². The van der Waals surface area contributed by atoms with Gasteiger partial charge in [0.15, 0.2) is 5.75 Å². The van der Waals surface area contributed by atoms with Gasteiger partial charge in [0.05, 0.1) is 16.6 Å². The highest BCUT2D eigenvalue weighted by atomic mass is 16.5. The molecule has 0 unspecified atom stereocenters. The number of aromatic nitrogens is 2. The first-order valence-electron chi connectivity index (χ1n) is 11.2. The van der Waals surface area contributed by atoms with Crippen LogP contribution in [0.3, 0.4) is 0 Å². The molecule has 1 saturated carbocycles. The van der Waals surface area contributed by atoms with E-state index in [1.807, 2.05) is 80.6 Å². The van der Waals surface area contributed by atoms with E-state index in [2.05, 4.69) is 15.5 Å². The van der Waals surface area contributed by atoms with Crippen molar-refractivity contribution >= 4 is 28.8 Å². The van der Waals surface area contributed by atoms with Crippen LogP contribution >= 0.6 is 0 Å². The van der Waals surface area contributed by atoms with E-state index in [0.717, 1.165) is 29.7 Å². The number of anilines is 1. The first kappa shape index (κ1) is 19.7. The lowest BCUT2D eigenvalue weighted by molar-refractivity contribution is 0.102. The number of rotatable bonds is 4. The minimum absolute atomic E-state index is 0.242. The summed E-state index contributed by atoms with van der Waals surface area (Å²) in [6.07, 6.45) is 6.18. The lowest BCUT2D eigenvalue weighted by atomic mass is 10.0. The topological polar surface area (TPSA) is 77.3 Å². The number of hydrogen-bond donors (Lipinski definition) is 1. The van der Waals surface area contributed by atoms with Gasteiger partial charge in [-0.3, -0.25) is 4.79 Å². The summed E-state index contributed by atoms with van der Waals surface area (Å²) in [6.45, 7) is 3.98. The standard InChI is InChI=1S/C27H23N3O3/c1-27(2)14-13-18-9-6-10-20(24(18)32-27)28-25(31)19-15-21(16-11-12-16)29-26-22(19)23(30-33-26)17-7-4-3-5-8-17/h3-10,13-16H,11-12H2,1-2H3,(H,28,31). The third-order valence-corrected chi connectivity index (χ3v) is 6.08. The third kappa shape index (κ3) is 3.57. The zero-order valence-electron chi connectivity index (χ0n) is 18.5. The van der Waals surface area contributed by atoms with Crippen LogP contribution in [0.4, 0.5) is 5.69 Å². The summed E-state index contributed by atoms with van der Waals surface area (Å²) < 4.78 is 11.8. The van der Waals surface area contributed by atoms with Crippen molar-refractivity contribution in [1.82, 2.24) is 10.1 Å². The lowest BCUT2D eigenvalue weighted by Crippen LogP contribution is -2.28. The third-order valence-electron chi connectivity index (χ3n) is 6.08. The van der Waals surface area contributed by atoms with E-state index < -0.39 is 5.60 Å². The van der Waals surface area contributed by atoms with Crippen LogP contribution < -0.4 is 10.1 Å². The summed E-state index contributed by atoms with van der Waals surface area (Å²) in [5, 5.41) is 7.97. The molecule has 0 spiro atoms. The van der Waals surface area contributed by atoms with Gasteiger partial charge in [-0.15, -0.1) is 0 Å². The molecule has 0 bridgehead atoms. The molecule has 2 aromatic heterocycles. The second-order valence-corrected chi connectivity index (χ2v) is 9.16. The Morgan fingerprint density at radius 1 is 1.09 bits per heavy atom. The first-order chi connectivity index (χ1) is 16.0. The smallest absolute Gasteiger partial charge is 0.259 e. The van der Waals surface area contributed by atoms with Gasteiger partial charge in [0.2, 0.25) is 0 Å². The lowest BCUT2D eigenvalue weighted by Gasteiger charge is -2.29. The number of carbonyl (C=O) groups excluding carboxylic acids is 1. The van der Waals surface area contributed by atoms with E-state index >= 15 is 0 Å². The highest BCUT2D eigenvalue weighted by Gasteiger charge is 2.30. The number of pyridine rings is 1. The van der Waals surface area contributed by atoms with Gasteiger partial charge in [-0.05, 0) is 44.9 Å². The molecule has 6 nitrogen and oxygen atoms in total. The van der Waals surface area contributed by atoms with Crippen molar-refractivity contribution in [2.75, 3.05) is 5.32 Å². The highest BCUT2D eigenvalue weighted by molar-refractivity contribution is 6.15. The molecule has 0 saturated heterocycles. The van der Waals surface area contributed by atoms with Crippen LogP contribution in [-0.4, -0.2) is 21.6 Å². The molecule has 164 valence electrons. The van der Waals surface area contributed by atoms with E-state index in [9.17, 15) is 4.79 Å². The number of para-hydroxylation sites is 1. The van der Waals surface area contributed by atoms with E-state index in [1.165, 1.54) is 0 Å². The summed E-state index contributed by atoms with van der Waals surface area (Å²) in [5.74, 6) is 0.790. The molecule has 2 aliphatic rings. The zero-order chi connectivity index (χ0) is 22.6. The Morgan fingerprint density at radius 2 is 1.91 bits per heavy atom. The SMILES string of the molecule is CC1(C)C=Cc2cccc(NC(=O)c3cc(C4CC4)nc4onc(-c5ccccc5)c34)c2O1. The normalized spacial score (nSPS) is 16.3. The van der Waals surface area contributed by atoms with Crippen LogP contribution in [0.5, 0.6) is 5.75 Å². The Labute approximate surface area is 191 Å². The van der Waals surface area contributed by atoms with Crippen LogP contribution in [0.25, 0.3) is 28.4 Å². The highest BCUT2D eigenvalue weighted by Crippen LogP contribution is 2.42. The Hall–Kier alpha value is -3.93. The van der Waals surface area contributed by atoms with E-state index in [-0.39, 0.29) is 5.91 Å². The van der Waals surface area contributed by atoms with E-state index in [1.54, 1.807) is 0 Å². The molecule has 1 fully saturated rings. The maximum atomic E-state index is 13.7. The van der Waals surface area contributed by atoms with Gasteiger partial charge in [0.1, 0.15) is 11.3 Å². The quantitative estimate of drug-likeness (QED) is 0.411. The predicted octanol–water partition coefficient (Wildman–Crippen LogP) is 6.20. The molecule has 4 aromatic rings. The fourth-order valence-electron chi connectivity index (χ4n) is 4.21. The molecule has 1 aliphatic carbocycles. The number of nitrogens with zero attached hydrogens (tertiary/aromatic N) is 2. The van der Waals surface area contributed by atoms with Gasteiger partial charge >= 0.3 is 0 Å². The first-order valence-corrected chi connectivity index (χ1v) is 11.2. The number of ether oxygens (including phenoxy) is 1. The average Bonchev–Trinajstić information content (AvgIpc) is 3.58. The van der Waals surface area contributed by atoms with Crippen molar-refractivity contribution in [2.45, 2.75) is 38.2 Å². The predicted molar refractivity (Wildman–Crippen MR) is 127 cm³/mol. The summed E-state index contributed by atoms with van der Waals surface area (Å²) in [7, 11) is 0. The second kappa shape index (κ2) is 7.30. The van der Waals surface area contributed by atoms with Crippen LogP contribution in [-0.2, 0) is 0 Å². The summed E-state index contributed by atoms with van der Waals surface area (Å²) in [6, 6.07) is 17.3. The number of fused-ring (bicyclic) bond motifs is 2. The largest absolute Gasteiger partial charge is 0.481 e. The van der Waals surface area contributed by atoms with Crippen molar-refractivity contribution in [3.8, 4) is 17.0 Å². The van der Waals surface area contributed by atoms with Crippen molar-refractivity contribution in [3.05, 3.63) is 77.5 Å². The van der Waals surface area contributed by atoms with E-state index in [0.29, 0.717) is 39.7 Å². The molecule has 2 aromatic carbocycles. The summed E-state index contributed by atoms with van der Waals surface area (Å²) >= 11 is 0. The van der Waals surface area contributed by atoms with Gasteiger partial charge in [0, 0.05) is 22.7 Å². The molecule has 0 atom stereocenters. The molecule has 1 amide bonds. The van der Waals surface area contributed by atoms with Crippen LogP contribution in [0.1, 0.15) is 54.2 Å². The molecule has 33 heavy (non-hydrogen) atoms. The molecule has 1 aliphatic heterocycles. The number of carbonyl (C=O) groups is 1. The summed E-state index contributed by atoms with van der Waals surface area (Å²) in [4.78, 5) is 18.3. The molecular weight excluding hydrogens is 414 g/mol. The maximum absolute atomic E-state index is 13.7. The van der Waals surface area contributed by atoms with Crippen molar-refractivity contribution in [1.29, 1.82) is 0 Å². The molecule has 6 heteroatoms. The van der Waals surface area contributed by atoms with Crippen molar-refractivity contribution in [2.24, 2.45) is 0 Å². The van der Waals surface area contributed by atoms with Gasteiger partial charge in [-0.2, -0.15) is 0 Å². The number of benzene rings is 2. The van der Waals surface area contributed by atoms with E-state index in [4.69, 9.17) is 9.26 Å². The number of amides is 1. The van der Waals surface area contributed by atoms with Gasteiger partial charge in [-0.1, -0.05) is 53.7 Å². The Kier molecular flexibility index (Phi) is 4.37. The van der Waals surface area contributed by atoms with Crippen LogP contribution in [0.2, 0.25) is 0 Å². The summed E-state index contributed by atoms with van der Waals surface area (Å²) in [5.41, 5.74) is 4.36. The average molecular weight is 437 g/mol. The fourth-order valence-corrected chi connectivity index (χ4v) is 4.21. The van der Waals surface area contributed by atoms with Gasteiger partial charge in [0.25, 0.3) is 11.6 Å². The molecule has 0 radical (unpaired) electrons. The molecule has 3 heterocycles. The van der Waals surface area contributed by atoms with Crippen LogP contribution in [0, 0.1) is 0 Å². The second-order valence-electron chi connectivity index (χ2n) is 9.16. The monoisotopic (exact) mass is 437 g/mol. The Balaban J connectivity index is 1.46. The Morgan fingerprint density at radius 3 is 2.70 bits per heavy atom. The Bertz CT molecular complexity index is 1420. The zero-order valence-corrected chi connectivity index (χ0v) is 18.5. The van der Waals surface area contributed by atoms with Crippen molar-refractivity contribution < 1.29 is 14.1 Å². The number of nitrogens with one attached hydrogen (secondary N) is 1. The molecule has 6 rings (SSSR count). The van der Waals surface area contributed by atoms with Crippen molar-refractivity contribution in [3.63, 3.8) is 0 Å². The fraction of sp³-hybridized carbons (Fsp3) is 0.222. The molecular formula is C27H23N3O3. The number of hydrogen-bond acceptors (Lipinski definition) is 5. The maximum Gasteiger partial charge on any atom is 0.259 e. The minimum atomic E-state index is -0.453. The molecule has 1 N–H and O–H groups in total. The van der Waals surface area contributed by atoms with Gasteiger partial charge < -0.3 is 14.6 Å². The minimum Gasteiger partial charge on any atom is -0.481 e. The van der Waals surface area contributed by atoms with Gasteiger partial charge in [-0.25, -0.2) is 4.98 Å².